The van der Waals surface area contributed by atoms with Gasteiger partial charge in [0.1, 0.15) is 0 Å². The highest BCUT2D eigenvalue weighted by Gasteiger charge is 2.37. The highest BCUT2D eigenvalue weighted by Crippen LogP contribution is 2.38. The normalized spacial score (nSPS) is 32.6. The van der Waals surface area contributed by atoms with Gasteiger partial charge in [0, 0.05) is 0 Å². The summed E-state index contributed by atoms with van der Waals surface area (Å²) in [6.07, 6.45) is 1.80. The Balaban J connectivity index is 2.58. The quantitative estimate of drug-likeness (QED) is 0.310. The molecule has 0 unspecified atom stereocenters. The first-order chi connectivity index (χ1) is 5.96. The SMILES string of the molecule is CC1(C)CC[C@@H](C(=O)NN)[C@@H](O)C1. The predicted octanol–water partition coefficient (Wildman–Crippen LogP) is 0.163. The fourth-order valence-corrected chi connectivity index (χ4v) is 1.96. The number of hydrogen-bond donors (Lipinski definition) is 3. The second-order valence-corrected chi connectivity index (χ2v) is 4.59. The molecule has 0 bridgehead atoms. The maximum Gasteiger partial charge on any atom is 0.239 e. The molecule has 1 amide bonds. The molecule has 4 nitrogen and oxygen atoms in total. The Labute approximate surface area is 78.5 Å². The largest absolute Gasteiger partial charge is 0.392 e. The monoisotopic (exact) mass is 186 g/mol. The Morgan fingerprint density at radius 1 is 1.62 bits per heavy atom. The number of nitrogens with one attached hydrogen (secondary N) is 1. The molecule has 1 aliphatic carbocycles. The van der Waals surface area contributed by atoms with Crippen molar-refractivity contribution in [3.05, 3.63) is 0 Å². The summed E-state index contributed by atoms with van der Waals surface area (Å²) in [7, 11) is 0. The van der Waals surface area contributed by atoms with Crippen LogP contribution in [0, 0.1) is 11.3 Å². The van der Waals surface area contributed by atoms with Crippen molar-refractivity contribution in [2.45, 2.75) is 39.2 Å². The van der Waals surface area contributed by atoms with E-state index in [1.807, 2.05) is 0 Å². The van der Waals surface area contributed by atoms with E-state index in [0.29, 0.717) is 6.42 Å². The van der Waals surface area contributed by atoms with Gasteiger partial charge in [-0.15, -0.1) is 0 Å². The molecule has 0 spiro atoms. The molecule has 0 aliphatic heterocycles. The van der Waals surface area contributed by atoms with Crippen molar-refractivity contribution in [2.75, 3.05) is 0 Å². The Morgan fingerprint density at radius 2 is 2.23 bits per heavy atom. The van der Waals surface area contributed by atoms with Gasteiger partial charge >= 0.3 is 0 Å². The van der Waals surface area contributed by atoms with Crippen LogP contribution in [0.3, 0.4) is 0 Å². The first-order valence-corrected chi connectivity index (χ1v) is 4.65. The first kappa shape index (κ1) is 10.5. The van der Waals surface area contributed by atoms with Gasteiger partial charge in [-0.25, -0.2) is 5.84 Å². The van der Waals surface area contributed by atoms with E-state index in [1.165, 1.54) is 0 Å². The van der Waals surface area contributed by atoms with Crippen LogP contribution in [0.1, 0.15) is 33.1 Å². The van der Waals surface area contributed by atoms with Crippen LogP contribution in [0.15, 0.2) is 0 Å². The topological polar surface area (TPSA) is 75.4 Å². The van der Waals surface area contributed by atoms with E-state index in [9.17, 15) is 9.90 Å². The lowest BCUT2D eigenvalue weighted by molar-refractivity contribution is -0.132. The molecule has 4 heteroatoms. The second kappa shape index (κ2) is 3.64. The van der Waals surface area contributed by atoms with E-state index in [-0.39, 0.29) is 17.2 Å². The van der Waals surface area contributed by atoms with Crippen LogP contribution in [0.2, 0.25) is 0 Å². The lowest BCUT2D eigenvalue weighted by atomic mass is 9.71. The molecule has 76 valence electrons. The van der Waals surface area contributed by atoms with E-state index in [0.717, 1.165) is 12.8 Å². The van der Waals surface area contributed by atoms with Gasteiger partial charge in [0.05, 0.1) is 12.0 Å². The summed E-state index contributed by atoms with van der Waals surface area (Å²) in [6.45, 7) is 4.21. The molecule has 1 aliphatic rings. The van der Waals surface area contributed by atoms with Gasteiger partial charge in [-0.3, -0.25) is 10.2 Å². The minimum Gasteiger partial charge on any atom is -0.392 e. The van der Waals surface area contributed by atoms with Crippen molar-refractivity contribution >= 4 is 5.91 Å². The number of hydrazine groups is 1. The second-order valence-electron chi connectivity index (χ2n) is 4.59. The van der Waals surface area contributed by atoms with Crippen LogP contribution in [0.5, 0.6) is 0 Å². The highest BCUT2D eigenvalue weighted by atomic mass is 16.3. The predicted molar refractivity (Wildman–Crippen MR) is 49.5 cm³/mol. The molecule has 0 aromatic heterocycles. The summed E-state index contributed by atoms with van der Waals surface area (Å²) < 4.78 is 0. The highest BCUT2D eigenvalue weighted by molar-refractivity contribution is 5.78. The minimum absolute atomic E-state index is 0.144. The third kappa shape index (κ3) is 2.42. The summed E-state index contributed by atoms with van der Waals surface area (Å²) >= 11 is 0. The molecule has 0 radical (unpaired) electrons. The molecule has 0 saturated heterocycles. The van der Waals surface area contributed by atoms with Crippen LogP contribution >= 0.6 is 0 Å². The maximum absolute atomic E-state index is 11.2. The number of aliphatic hydroxyl groups is 1. The number of amides is 1. The lowest BCUT2D eigenvalue weighted by Crippen LogP contribution is -2.45. The number of hydrogen-bond acceptors (Lipinski definition) is 3. The maximum atomic E-state index is 11.2. The third-order valence-corrected chi connectivity index (χ3v) is 2.84. The average molecular weight is 186 g/mol. The standard InChI is InChI=1S/C9H18N2O2/c1-9(2)4-3-6(7(12)5-9)8(13)11-10/h6-7,12H,3-5,10H2,1-2H3,(H,11,13)/t6-,7+/m1/s1. The zero-order valence-corrected chi connectivity index (χ0v) is 8.21. The molecular formula is C9H18N2O2. The molecule has 4 N–H and O–H groups in total. The molecule has 13 heavy (non-hydrogen) atoms. The molecule has 1 saturated carbocycles. The Hall–Kier alpha value is -0.610. The van der Waals surface area contributed by atoms with Gasteiger partial charge in [0.15, 0.2) is 0 Å². The van der Waals surface area contributed by atoms with Gasteiger partial charge in [-0.1, -0.05) is 13.8 Å². The van der Waals surface area contributed by atoms with Crippen molar-refractivity contribution in [2.24, 2.45) is 17.2 Å². The van der Waals surface area contributed by atoms with Crippen LogP contribution in [0.4, 0.5) is 0 Å². The van der Waals surface area contributed by atoms with Crippen LogP contribution in [-0.2, 0) is 4.79 Å². The Kier molecular flexibility index (Phi) is 2.93. The fourth-order valence-electron chi connectivity index (χ4n) is 1.96. The number of aliphatic hydroxyl groups excluding tert-OH is 1. The summed E-state index contributed by atoms with van der Waals surface area (Å²) in [5.74, 6) is 4.45. The van der Waals surface area contributed by atoms with Crippen LogP contribution < -0.4 is 11.3 Å². The van der Waals surface area contributed by atoms with Crippen molar-refractivity contribution in [1.29, 1.82) is 0 Å². The Morgan fingerprint density at radius 3 is 2.69 bits per heavy atom. The van der Waals surface area contributed by atoms with Crippen LogP contribution in [0.25, 0.3) is 0 Å². The minimum atomic E-state index is -0.549. The van der Waals surface area contributed by atoms with Crippen molar-refractivity contribution in [3.8, 4) is 0 Å². The number of carbonyl (C=O) groups excluding carboxylic acids is 1. The molecular weight excluding hydrogens is 168 g/mol. The average Bonchev–Trinajstić information content (AvgIpc) is 2.01. The molecule has 0 heterocycles. The van der Waals surface area contributed by atoms with Crippen molar-refractivity contribution in [1.82, 2.24) is 5.43 Å². The summed E-state index contributed by atoms with van der Waals surface area (Å²) in [5, 5.41) is 9.69. The van der Waals surface area contributed by atoms with Gasteiger partial charge in [0.25, 0.3) is 0 Å². The van der Waals surface area contributed by atoms with Crippen molar-refractivity contribution < 1.29 is 9.90 Å². The van der Waals surface area contributed by atoms with E-state index in [4.69, 9.17) is 5.84 Å². The third-order valence-electron chi connectivity index (χ3n) is 2.84. The molecule has 2 atom stereocenters. The molecule has 0 aromatic carbocycles. The van der Waals surface area contributed by atoms with E-state index in [1.54, 1.807) is 0 Å². The van der Waals surface area contributed by atoms with Crippen LogP contribution in [-0.4, -0.2) is 17.1 Å². The number of rotatable bonds is 1. The van der Waals surface area contributed by atoms with Crippen molar-refractivity contribution in [3.63, 3.8) is 0 Å². The van der Waals surface area contributed by atoms with E-state index in [2.05, 4.69) is 19.3 Å². The molecule has 1 fully saturated rings. The van der Waals surface area contributed by atoms with Gasteiger partial charge < -0.3 is 5.11 Å². The van der Waals surface area contributed by atoms with Gasteiger partial charge in [0.2, 0.25) is 5.91 Å². The zero-order valence-electron chi connectivity index (χ0n) is 8.21. The van der Waals surface area contributed by atoms with Gasteiger partial charge in [-0.2, -0.15) is 0 Å². The number of nitrogens with two attached hydrogens (primary N) is 1. The van der Waals surface area contributed by atoms with E-state index < -0.39 is 6.10 Å². The number of carbonyl (C=O) groups is 1. The Bertz CT molecular complexity index is 204. The zero-order chi connectivity index (χ0) is 10.1. The summed E-state index contributed by atoms with van der Waals surface area (Å²) in [6, 6.07) is 0. The lowest BCUT2D eigenvalue weighted by Gasteiger charge is -2.37. The summed E-state index contributed by atoms with van der Waals surface area (Å²) in [4.78, 5) is 11.2. The first-order valence-electron chi connectivity index (χ1n) is 4.65. The molecule has 1 rings (SSSR count). The summed E-state index contributed by atoms with van der Waals surface area (Å²) in [5.41, 5.74) is 2.24. The fraction of sp³-hybridized carbons (Fsp3) is 0.889. The smallest absolute Gasteiger partial charge is 0.239 e. The molecule has 0 aromatic rings. The van der Waals surface area contributed by atoms with Gasteiger partial charge in [-0.05, 0) is 24.7 Å². The van der Waals surface area contributed by atoms with E-state index >= 15 is 0 Å².